The van der Waals surface area contributed by atoms with Crippen molar-refractivity contribution in [2.24, 2.45) is 0 Å². The highest BCUT2D eigenvalue weighted by Crippen LogP contribution is 2.17. The van der Waals surface area contributed by atoms with Gasteiger partial charge >= 0.3 is 0 Å². The summed E-state index contributed by atoms with van der Waals surface area (Å²) in [5, 5.41) is 3.03. The maximum Gasteiger partial charge on any atom is 0.251 e. The van der Waals surface area contributed by atoms with Crippen LogP contribution in [0.25, 0.3) is 0 Å². The van der Waals surface area contributed by atoms with Gasteiger partial charge in [-0.05, 0) is 56.1 Å². The Morgan fingerprint density at radius 2 is 1.69 bits per heavy atom. The van der Waals surface area contributed by atoms with Gasteiger partial charge in [0.05, 0.1) is 0 Å². The molecule has 0 aromatic heterocycles. The van der Waals surface area contributed by atoms with Crippen LogP contribution in [-0.4, -0.2) is 50.6 Å². The van der Waals surface area contributed by atoms with Gasteiger partial charge in [0.15, 0.2) is 0 Å². The van der Waals surface area contributed by atoms with Gasteiger partial charge in [-0.25, -0.2) is 0 Å². The molecule has 138 valence electrons. The number of likely N-dealkylation sites (N-methyl/N-ethyl adjacent to an activating group) is 1. The monoisotopic (exact) mass is 351 g/mol. The van der Waals surface area contributed by atoms with Gasteiger partial charge in [-0.2, -0.15) is 0 Å². The van der Waals surface area contributed by atoms with Crippen LogP contribution >= 0.6 is 0 Å². The molecule has 1 aliphatic rings. The van der Waals surface area contributed by atoms with Gasteiger partial charge in [0.25, 0.3) is 5.91 Å². The molecule has 0 saturated carbocycles. The molecule has 0 radical (unpaired) electrons. The van der Waals surface area contributed by atoms with Gasteiger partial charge in [-0.15, -0.1) is 0 Å². The van der Waals surface area contributed by atoms with Crippen molar-refractivity contribution in [2.75, 3.05) is 44.7 Å². The number of aryl methyl sites for hydroxylation is 2. The molecule has 1 saturated heterocycles. The number of carbonyl (C=O) groups excluding carboxylic acids is 1. The first-order valence-electron chi connectivity index (χ1n) is 9.50. The maximum atomic E-state index is 12.2. The van der Waals surface area contributed by atoms with E-state index in [9.17, 15) is 4.79 Å². The molecule has 1 N–H and O–H groups in total. The fourth-order valence-electron chi connectivity index (χ4n) is 3.36. The zero-order valence-corrected chi connectivity index (χ0v) is 15.9. The third-order valence-electron chi connectivity index (χ3n) is 5.12. The Balaban J connectivity index is 1.42. The molecule has 0 atom stereocenters. The number of rotatable bonds is 6. The molecule has 0 unspecified atom stereocenters. The quantitative estimate of drug-likeness (QED) is 0.813. The van der Waals surface area contributed by atoms with Crippen LogP contribution in [0.5, 0.6) is 0 Å². The average molecular weight is 351 g/mol. The Labute approximate surface area is 156 Å². The Kier molecular flexibility index (Phi) is 6.29. The molecule has 4 heteroatoms. The smallest absolute Gasteiger partial charge is 0.251 e. The molecule has 2 aromatic carbocycles. The Hall–Kier alpha value is -2.33. The highest BCUT2D eigenvalue weighted by Gasteiger charge is 2.13. The van der Waals surface area contributed by atoms with Crippen LogP contribution in [0.4, 0.5) is 5.69 Å². The van der Waals surface area contributed by atoms with Crippen LogP contribution in [0.2, 0.25) is 0 Å². The number of benzene rings is 2. The summed E-state index contributed by atoms with van der Waals surface area (Å²) in [7, 11) is 2.18. The van der Waals surface area contributed by atoms with E-state index in [2.05, 4.69) is 46.4 Å². The fourth-order valence-corrected chi connectivity index (χ4v) is 3.36. The van der Waals surface area contributed by atoms with Crippen molar-refractivity contribution < 1.29 is 4.79 Å². The van der Waals surface area contributed by atoms with E-state index < -0.39 is 0 Å². The SMILES string of the molecule is Cc1ccccc1C(=O)NCCCc1ccc(N2CCN(C)CC2)cc1. The minimum atomic E-state index is 0.0218. The topological polar surface area (TPSA) is 35.6 Å². The number of amides is 1. The lowest BCUT2D eigenvalue weighted by molar-refractivity contribution is 0.0952. The molecule has 26 heavy (non-hydrogen) atoms. The standard InChI is InChI=1S/C22H29N3O/c1-18-6-3-4-8-21(18)22(26)23-13-5-7-19-9-11-20(12-10-19)25-16-14-24(2)15-17-25/h3-4,6,8-12H,5,7,13-17H2,1-2H3,(H,23,26). The van der Waals surface area contributed by atoms with Crippen molar-refractivity contribution in [3.05, 3.63) is 65.2 Å². The van der Waals surface area contributed by atoms with E-state index in [0.29, 0.717) is 6.54 Å². The molecule has 0 bridgehead atoms. The van der Waals surface area contributed by atoms with Crippen LogP contribution in [0.15, 0.2) is 48.5 Å². The van der Waals surface area contributed by atoms with E-state index in [1.54, 1.807) is 0 Å². The Bertz CT molecular complexity index is 718. The van der Waals surface area contributed by atoms with Gasteiger partial charge in [-0.1, -0.05) is 30.3 Å². The largest absolute Gasteiger partial charge is 0.369 e. The van der Waals surface area contributed by atoms with Crippen molar-refractivity contribution in [1.29, 1.82) is 0 Å². The second kappa shape index (κ2) is 8.86. The predicted octanol–water partition coefficient (Wildman–Crippen LogP) is 3.11. The Morgan fingerprint density at radius 1 is 1.00 bits per heavy atom. The molecule has 3 rings (SSSR count). The number of carbonyl (C=O) groups is 1. The summed E-state index contributed by atoms with van der Waals surface area (Å²) in [6.45, 7) is 7.12. The second-order valence-corrected chi connectivity index (χ2v) is 7.13. The zero-order chi connectivity index (χ0) is 18.4. The first-order chi connectivity index (χ1) is 12.6. The minimum Gasteiger partial charge on any atom is -0.369 e. The number of hydrogen-bond donors (Lipinski definition) is 1. The van der Waals surface area contributed by atoms with Crippen molar-refractivity contribution >= 4 is 11.6 Å². The first-order valence-corrected chi connectivity index (χ1v) is 9.50. The highest BCUT2D eigenvalue weighted by atomic mass is 16.1. The van der Waals surface area contributed by atoms with Crippen LogP contribution in [0.3, 0.4) is 0 Å². The van der Waals surface area contributed by atoms with Gasteiger partial charge in [0.1, 0.15) is 0 Å². The molecule has 2 aromatic rings. The van der Waals surface area contributed by atoms with Crippen LogP contribution in [-0.2, 0) is 6.42 Å². The van der Waals surface area contributed by atoms with Crippen LogP contribution < -0.4 is 10.2 Å². The fraction of sp³-hybridized carbons (Fsp3) is 0.409. The van der Waals surface area contributed by atoms with E-state index in [1.165, 1.54) is 11.3 Å². The minimum absolute atomic E-state index is 0.0218. The second-order valence-electron chi connectivity index (χ2n) is 7.13. The summed E-state index contributed by atoms with van der Waals surface area (Å²) in [5.41, 5.74) is 4.43. The lowest BCUT2D eigenvalue weighted by Crippen LogP contribution is -2.44. The molecule has 0 aliphatic carbocycles. The van der Waals surface area contributed by atoms with Crippen LogP contribution in [0, 0.1) is 6.92 Å². The van der Waals surface area contributed by atoms with Gasteiger partial charge < -0.3 is 15.1 Å². The van der Waals surface area contributed by atoms with E-state index in [0.717, 1.165) is 50.1 Å². The third kappa shape index (κ3) is 4.85. The maximum absolute atomic E-state index is 12.2. The molecule has 0 spiro atoms. The molecule has 1 heterocycles. The van der Waals surface area contributed by atoms with Crippen molar-refractivity contribution in [1.82, 2.24) is 10.2 Å². The number of nitrogens with zero attached hydrogens (tertiary/aromatic N) is 2. The summed E-state index contributed by atoms with van der Waals surface area (Å²) in [6, 6.07) is 16.6. The van der Waals surface area contributed by atoms with Crippen molar-refractivity contribution in [2.45, 2.75) is 19.8 Å². The number of hydrogen-bond acceptors (Lipinski definition) is 3. The molecular formula is C22H29N3O. The van der Waals surface area contributed by atoms with Crippen molar-refractivity contribution in [3.63, 3.8) is 0 Å². The molecule has 1 amide bonds. The van der Waals surface area contributed by atoms with Gasteiger partial charge in [-0.3, -0.25) is 4.79 Å². The number of anilines is 1. The third-order valence-corrected chi connectivity index (χ3v) is 5.12. The molecular weight excluding hydrogens is 322 g/mol. The molecule has 4 nitrogen and oxygen atoms in total. The predicted molar refractivity (Wildman–Crippen MR) is 108 cm³/mol. The summed E-state index contributed by atoms with van der Waals surface area (Å²) in [4.78, 5) is 17.0. The normalized spacial score (nSPS) is 15.1. The van der Waals surface area contributed by atoms with Gasteiger partial charge in [0, 0.05) is 44.0 Å². The van der Waals surface area contributed by atoms with E-state index in [4.69, 9.17) is 0 Å². The number of nitrogens with one attached hydrogen (secondary N) is 1. The van der Waals surface area contributed by atoms with Crippen LogP contribution in [0.1, 0.15) is 27.9 Å². The van der Waals surface area contributed by atoms with E-state index in [1.807, 2.05) is 31.2 Å². The zero-order valence-electron chi connectivity index (χ0n) is 15.9. The van der Waals surface area contributed by atoms with Crippen molar-refractivity contribution in [3.8, 4) is 0 Å². The van der Waals surface area contributed by atoms with E-state index in [-0.39, 0.29) is 5.91 Å². The summed E-state index contributed by atoms with van der Waals surface area (Å²) in [6.07, 6.45) is 1.93. The first kappa shape index (κ1) is 18.5. The molecule has 1 aliphatic heterocycles. The molecule has 1 fully saturated rings. The lowest BCUT2D eigenvalue weighted by atomic mass is 10.1. The lowest BCUT2D eigenvalue weighted by Gasteiger charge is -2.34. The Morgan fingerprint density at radius 3 is 2.38 bits per heavy atom. The summed E-state index contributed by atoms with van der Waals surface area (Å²) >= 11 is 0. The summed E-state index contributed by atoms with van der Waals surface area (Å²) in [5.74, 6) is 0.0218. The highest BCUT2D eigenvalue weighted by molar-refractivity contribution is 5.95. The summed E-state index contributed by atoms with van der Waals surface area (Å²) < 4.78 is 0. The number of piperazine rings is 1. The average Bonchev–Trinajstić information content (AvgIpc) is 2.66. The van der Waals surface area contributed by atoms with Gasteiger partial charge in [0.2, 0.25) is 0 Å². The van der Waals surface area contributed by atoms with E-state index >= 15 is 0 Å².